The van der Waals surface area contributed by atoms with Crippen LogP contribution in [-0.2, 0) is 6.54 Å². The van der Waals surface area contributed by atoms with Crippen LogP contribution in [0.3, 0.4) is 0 Å². The highest BCUT2D eigenvalue weighted by Gasteiger charge is 1.95. The maximum absolute atomic E-state index is 3.44. The first-order valence-corrected chi connectivity index (χ1v) is 6.59. The molecule has 0 fully saturated rings. The molecule has 0 aliphatic carbocycles. The summed E-state index contributed by atoms with van der Waals surface area (Å²) in [6.45, 7) is 6.44. The molecule has 0 amide bonds. The predicted octanol–water partition coefficient (Wildman–Crippen LogP) is 3.22. The van der Waals surface area contributed by atoms with Gasteiger partial charge in [0.05, 0.1) is 0 Å². The summed E-state index contributed by atoms with van der Waals surface area (Å²) in [7, 11) is 0. The fourth-order valence-corrected chi connectivity index (χ4v) is 1.72. The Morgan fingerprint density at radius 3 is 2.64 bits per heavy atom. The minimum absolute atomic E-state index is 0.998. The monoisotopic (exact) mass is 303 g/mol. The van der Waals surface area contributed by atoms with Gasteiger partial charge in [-0.3, -0.25) is 0 Å². The number of aryl methyl sites for hydroxylation is 2. The van der Waals surface area contributed by atoms with Crippen LogP contribution < -0.4 is 5.32 Å². The van der Waals surface area contributed by atoms with Gasteiger partial charge in [-0.1, -0.05) is 40.8 Å². The largest absolute Gasteiger partial charge is 0.313 e. The van der Waals surface area contributed by atoms with Crippen molar-refractivity contribution >= 4 is 22.6 Å². The van der Waals surface area contributed by atoms with E-state index < -0.39 is 0 Å². The molecule has 0 aromatic heterocycles. The van der Waals surface area contributed by atoms with E-state index in [2.05, 4.69) is 60.0 Å². The van der Waals surface area contributed by atoms with Gasteiger partial charge in [-0.05, 0) is 43.5 Å². The van der Waals surface area contributed by atoms with Gasteiger partial charge in [-0.2, -0.15) is 0 Å². The van der Waals surface area contributed by atoms with E-state index in [1.807, 2.05) is 0 Å². The molecule has 0 heterocycles. The molecule has 0 saturated heterocycles. The summed E-state index contributed by atoms with van der Waals surface area (Å²) >= 11 is 2.41. The minimum Gasteiger partial charge on any atom is -0.313 e. The Morgan fingerprint density at radius 1 is 1.21 bits per heavy atom. The van der Waals surface area contributed by atoms with Gasteiger partial charge in [0.2, 0.25) is 0 Å². The Kier molecular flexibility index (Phi) is 5.48. The summed E-state index contributed by atoms with van der Waals surface area (Å²) in [5.74, 6) is 0. The Bertz CT molecular complexity index is 284. The van der Waals surface area contributed by atoms with Gasteiger partial charge in [-0.15, -0.1) is 0 Å². The first-order chi connectivity index (χ1) is 6.74. The third-order valence-corrected chi connectivity index (χ3v) is 3.15. The van der Waals surface area contributed by atoms with Crippen molar-refractivity contribution in [3.8, 4) is 0 Å². The average molecular weight is 303 g/mol. The van der Waals surface area contributed by atoms with E-state index in [0.717, 1.165) is 13.1 Å². The Hall–Kier alpha value is -0.0900. The predicted molar refractivity (Wildman–Crippen MR) is 71.1 cm³/mol. The Morgan fingerprint density at radius 2 is 2.00 bits per heavy atom. The number of rotatable bonds is 5. The lowest BCUT2D eigenvalue weighted by Crippen LogP contribution is -2.15. The molecule has 0 spiro atoms. The molecule has 1 rings (SSSR count). The maximum Gasteiger partial charge on any atom is 0.0205 e. The van der Waals surface area contributed by atoms with Crippen LogP contribution in [0, 0.1) is 13.8 Å². The summed E-state index contributed by atoms with van der Waals surface area (Å²) in [6, 6.07) is 6.68. The molecular formula is C12H18IN. The van der Waals surface area contributed by atoms with E-state index in [9.17, 15) is 0 Å². The first-order valence-electron chi connectivity index (χ1n) is 5.07. The summed E-state index contributed by atoms with van der Waals surface area (Å²) in [6.07, 6.45) is 1.26. The third kappa shape index (κ3) is 3.96. The highest BCUT2D eigenvalue weighted by atomic mass is 127. The fourth-order valence-electron chi connectivity index (χ4n) is 1.34. The van der Waals surface area contributed by atoms with Crippen LogP contribution in [0.4, 0.5) is 0 Å². The zero-order valence-corrected chi connectivity index (χ0v) is 11.1. The van der Waals surface area contributed by atoms with Gasteiger partial charge in [-0.25, -0.2) is 0 Å². The summed E-state index contributed by atoms with van der Waals surface area (Å²) in [5, 5.41) is 3.44. The van der Waals surface area contributed by atoms with E-state index >= 15 is 0 Å². The molecule has 0 aliphatic rings. The topological polar surface area (TPSA) is 12.0 Å². The molecular weight excluding hydrogens is 285 g/mol. The number of nitrogens with one attached hydrogen (secondary N) is 1. The van der Waals surface area contributed by atoms with Gasteiger partial charge >= 0.3 is 0 Å². The molecule has 0 saturated carbocycles. The van der Waals surface area contributed by atoms with Crippen molar-refractivity contribution in [2.24, 2.45) is 0 Å². The van der Waals surface area contributed by atoms with E-state index in [4.69, 9.17) is 0 Å². The van der Waals surface area contributed by atoms with Crippen molar-refractivity contribution in [2.45, 2.75) is 26.8 Å². The lowest BCUT2D eigenvalue weighted by atomic mass is 10.1. The average Bonchev–Trinajstić information content (AvgIpc) is 2.18. The van der Waals surface area contributed by atoms with Crippen LogP contribution in [0.5, 0.6) is 0 Å². The van der Waals surface area contributed by atoms with Crippen molar-refractivity contribution in [3.63, 3.8) is 0 Å². The summed E-state index contributed by atoms with van der Waals surface area (Å²) in [5.41, 5.74) is 4.15. The molecule has 1 N–H and O–H groups in total. The highest BCUT2D eigenvalue weighted by Crippen LogP contribution is 2.09. The Labute approximate surface area is 100 Å². The lowest BCUT2D eigenvalue weighted by molar-refractivity contribution is 0.681. The molecule has 0 bridgehead atoms. The normalized spacial score (nSPS) is 10.5. The highest BCUT2D eigenvalue weighted by molar-refractivity contribution is 14.1. The van der Waals surface area contributed by atoms with E-state index in [0.29, 0.717) is 0 Å². The van der Waals surface area contributed by atoms with E-state index in [1.165, 1.54) is 27.5 Å². The van der Waals surface area contributed by atoms with Gasteiger partial charge < -0.3 is 5.32 Å². The quantitative estimate of drug-likeness (QED) is 0.500. The number of hydrogen-bond acceptors (Lipinski definition) is 1. The maximum atomic E-state index is 3.44. The van der Waals surface area contributed by atoms with E-state index in [1.54, 1.807) is 0 Å². The summed E-state index contributed by atoms with van der Waals surface area (Å²) in [4.78, 5) is 0. The second-order valence-corrected chi connectivity index (χ2v) is 4.72. The zero-order valence-electron chi connectivity index (χ0n) is 8.94. The SMILES string of the molecule is Cc1ccc(CNCCCI)cc1C. The van der Waals surface area contributed by atoms with Crippen LogP contribution in [-0.4, -0.2) is 11.0 Å². The molecule has 78 valence electrons. The minimum atomic E-state index is 0.998. The smallest absolute Gasteiger partial charge is 0.0205 e. The van der Waals surface area contributed by atoms with Crippen molar-refractivity contribution in [1.82, 2.24) is 5.32 Å². The Balaban J connectivity index is 2.39. The number of benzene rings is 1. The molecule has 1 aromatic rings. The molecule has 0 aliphatic heterocycles. The third-order valence-electron chi connectivity index (χ3n) is 2.39. The number of alkyl halides is 1. The lowest BCUT2D eigenvalue weighted by Gasteiger charge is -2.06. The van der Waals surface area contributed by atoms with Crippen molar-refractivity contribution < 1.29 is 0 Å². The fraction of sp³-hybridized carbons (Fsp3) is 0.500. The van der Waals surface area contributed by atoms with Crippen LogP contribution in [0.15, 0.2) is 18.2 Å². The molecule has 0 radical (unpaired) electrons. The van der Waals surface area contributed by atoms with E-state index in [-0.39, 0.29) is 0 Å². The van der Waals surface area contributed by atoms with Crippen LogP contribution >= 0.6 is 22.6 Å². The van der Waals surface area contributed by atoms with Gasteiger partial charge in [0.15, 0.2) is 0 Å². The van der Waals surface area contributed by atoms with Crippen molar-refractivity contribution in [3.05, 3.63) is 34.9 Å². The van der Waals surface area contributed by atoms with Gasteiger partial charge in [0, 0.05) is 11.0 Å². The molecule has 1 aromatic carbocycles. The molecule has 0 unspecified atom stereocenters. The standard InChI is InChI=1S/C12H18IN/c1-10-4-5-12(8-11(10)2)9-14-7-3-6-13/h4-5,8,14H,3,6-7,9H2,1-2H3. The van der Waals surface area contributed by atoms with Gasteiger partial charge in [0.25, 0.3) is 0 Å². The molecule has 2 heteroatoms. The second kappa shape index (κ2) is 6.40. The van der Waals surface area contributed by atoms with Crippen LogP contribution in [0.1, 0.15) is 23.1 Å². The van der Waals surface area contributed by atoms with Crippen LogP contribution in [0.25, 0.3) is 0 Å². The van der Waals surface area contributed by atoms with Crippen molar-refractivity contribution in [2.75, 3.05) is 11.0 Å². The first kappa shape index (κ1) is 12.0. The van der Waals surface area contributed by atoms with Crippen molar-refractivity contribution in [1.29, 1.82) is 0 Å². The van der Waals surface area contributed by atoms with Gasteiger partial charge in [0.1, 0.15) is 0 Å². The molecule has 0 atom stereocenters. The molecule has 14 heavy (non-hydrogen) atoms. The number of halogens is 1. The molecule has 1 nitrogen and oxygen atoms in total. The zero-order chi connectivity index (χ0) is 10.4. The number of hydrogen-bond donors (Lipinski definition) is 1. The second-order valence-electron chi connectivity index (χ2n) is 3.64. The van der Waals surface area contributed by atoms with Crippen LogP contribution in [0.2, 0.25) is 0 Å². The summed E-state index contributed by atoms with van der Waals surface area (Å²) < 4.78 is 1.23.